The third kappa shape index (κ3) is 2.94. The van der Waals surface area contributed by atoms with Gasteiger partial charge in [-0.2, -0.15) is 0 Å². The van der Waals surface area contributed by atoms with Crippen molar-refractivity contribution >= 4 is 21.7 Å². The molecule has 1 heterocycles. The third-order valence-electron chi connectivity index (χ3n) is 2.68. The number of hydrogen-bond donors (Lipinski definition) is 2. The molecule has 0 unspecified atom stereocenters. The quantitative estimate of drug-likeness (QED) is 0.897. The highest BCUT2D eigenvalue weighted by atomic mass is 32.2. The lowest BCUT2D eigenvalue weighted by Crippen LogP contribution is -2.14. The van der Waals surface area contributed by atoms with Crippen LogP contribution in [0.2, 0.25) is 0 Å². The van der Waals surface area contributed by atoms with Crippen LogP contribution in [0.15, 0.2) is 47.6 Å². The lowest BCUT2D eigenvalue weighted by atomic mass is 10.2. The van der Waals surface area contributed by atoms with E-state index in [-0.39, 0.29) is 10.5 Å². The van der Waals surface area contributed by atoms with Crippen LogP contribution in [0.1, 0.15) is 15.9 Å². The maximum atomic E-state index is 12.2. The van der Waals surface area contributed by atoms with E-state index in [9.17, 15) is 13.2 Å². The van der Waals surface area contributed by atoms with E-state index in [1.807, 2.05) is 0 Å². The molecule has 0 saturated heterocycles. The summed E-state index contributed by atoms with van der Waals surface area (Å²) in [5.41, 5.74) is 1.16. The smallest absolute Gasteiger partial charge is 0.335 e. The van der Waals surface area contributed by atoms with E-state index >= 15 is 0 Å². The van der Waals surface area contributed by atoms with Gasteiger partial charge in [0, 0.05) is 12.4 Å². The van der Waals surface area contributed by atoms with Gasteiger partial charge in [-0.1, -0.05) is 0 Å². The first-order valence-electron chi connectivity index (χ1n) is 5.67. The molecule has 0 aliphatic heterocycles. The lowest BCUT2D eigenvalue weighted by Gasteiger charge is -2.10. The maximum Gasteiger partial charge on any atom is 0.335 e. The van der Waals surface area contributed by atoms with Gasteiger partial charge in [0.2, 0.25) is 0 Å². The number of aromatic nitrogens is 1. The SMILES string of the molecule is Cc1cnccc1NS(=O)(=O)c1ccc(C(=O)O)cc1. The molecule has 0 aliphatic rings. The Balaban J connectivity index is 2.31. The zero-order valence-corrected chi connectivity index (χ0v) is 11.4. The number of carboxylic acids is 1. The number of nitrogens with one attached hydrogen (secondary N) is 1. The van der Waals surface area contributed by atoms with Gasteiger partial charge in [-0.25, -0.2) is 13.2 Å². The molecule has 1 aromatic heterocycles. The molecule has 1 aromatic carbocycles. The summed E-state index contributed by atoms with van der Waals surface area (Å²) < 4.78 is 26.7. The molecule has 7 heteroatoms. The summed E-state index contributed by atoms with van der Waals surface area (Å²) in [6, 6.07) is 6.55. The summed E-state index contributed by atoms with van der Waals surface area (Å²) in [5, 5.41) is 8.78. The van der Waals surface area contributed by atoms with Gasteiger partial charge < -0.3 is 5.11 Å². The fourth-order valence-corrected chi connectivity index (χ4v) is 2.70. The fourth-order valence-electron chi connectivity index (χ4n) is 1.57. The first-order chi connectivity index (χ1) is 9.40. The molecule has 2 aromatic rings. The van der Waals surface area contributed by atoms with E-state index in [1.165, 1.54) is 30.5 Å². The number of carboxylic acid groups (broad SMARTS) is 1. The number of rotatable bonds is 4. The molecule has 0 atom stereocenters. The predicted octanol–water partition coefficient (Wildman–Crippen LogP) is 1.89. The molecule has 2 N–H and O–H groups in total. The Hall–Kier alpha value is -2.41. The molecule has 0 spiro atoms. The van der Waals surface area contributed by atoms with E-state index < -0.39 is 16.0 Å². The molecular weight excluding hydrogens is 280 g/mol. The number of benzene rings is 1. The number of aromatic carboxylic acids is 1. The van der Waals surface area contributed by atoms with E-state index in [2.05, 4.69) is 9.71 Å². The van der Waals surface area contributed by atoms with Crippen LogP contribution in [-0.2, 0) is 10.0 Å². The second-order valence-corrected chi connectivity index (χ2v) is 5.81. The topological polar surface area (TPSA) is 96.4 Å². The molecule has 0 bridgehead atoms. The molecular formula is C13H12N2O4S. The molecule has 20 heavy (non-hydrogen) atoms. The molecule has 0 aliphatic carbocycles. The average Bonchev–Trinajstić information content (AvgIpc) is 2.41. The van der Waals surface area contributed by atoms with Crippen LogP contribution in [0.3, 0.4) is 0 Å². The molecule has 104 valence electrons. The highest BCUT2D eigenvalue weighted by Crippen LogP contribution is 2.18. The number of anilines is 1. The average molecular weight is 292 g/mol. The van der Waals surface area contributed by atoms with Crippen molar-refractivity contribution in [3.8, 4) is 0 Å². The molecule has 0 fully saturated rings. The monoisotopic (exact) mass is 292 g/mol. The van der Waals surface area contributed by atoms with Crippen molar-refractivity contribution in [2.75, 3.05) is 4.72 Å². The van der Waals surface area contributed by atoms with Crippen molar-refractivity contribution < 1.29 is 18.3 Å². The standard InChI is InChI=1S/C13H12N2O4S/c1-9-8-14-7-6-12(9)15-20(18,19)11-4-2-10(3-5-11)13(16)17/h2-8H,1H3,(H,14,15)(H,16,17). The van der Waals surface area contributed by atoms with Gasteiger partial charge in [0.15, 0.2) is 0 Å². The predicted molar refractivity (Wildman–Crippen MR) is 73.2 cm³/mol. The number of sulfonamides is 1. The Morgan fingerprint density at radius 2 is 1.85 bits per heavy atom. The van der Waals surface area contributed by atoms with E-state index in [4.69, 9.17) is 5.11 Å². The Bertz CT molecular complexity index is 739. The zero-order valence-electron chi connectivity index (χ0n) is 10.6. The van der Waals surface area contributed by atoms with Gasteiger partial charge >= 0.3 is 5.97 Å². The van der Waals surface area contributed by atoms with Gasteiger partial charge in [-0.15, -0.1) is 0 Å². The second kappa shape index (κ2) is 5.30. The van der Waals surface area contributed by atoms with Gasteiger partial charge in [0.25, 0.3) is 10.0 Å². The van der Waals surface area contributed by atoms with E-state index in [0.29, 0.717) is 11.3 Å². The third-order valence-corrected chi connectivity index (χ3v) is 4.06. The first kappa shape index (κ1) is 14.0. The molecule has 2 rings (SSSR count). The van der Waals surface area contributed by atoms with Crippen molar-refractivity contribution in [2.45, 2.75) is 11.8 Å². The molecule has 6 nitrogen and oxygen atoms in total. The zero-order chi connectivity index (χ0) is 14.8. The number of pyridine rings is 1. The van der Waals surface area contributed by atoms with Crippen LogP contribution in [0.25, 0.3) is 0 Å². The number of nitrogens with zero attached hydrogens (tertiary/aromatic N) is 1. The van der Waals surface area contributed by atoms with Crippen LogP contribution in [-0.4, -0.2) is 24.5 Å². The first-order valence-corrected chi connectivity index (χ1v) is 7.15. The summed E-state index contributed by atoms with van der Waals surface area (Å²) in [6.45, 7) is 1.73. The van der Waals surface area contributed by atoms with Crippen LogP contribution in [0.4, 0.5) is 5.69 Å². The Kier molecular flexibility index (Phi) is 3.71. The van der Waals surface area contributed by atoms with Gasteiger partial charge in [-0.3, -0.25) is 9.71 Å². The fraction of sp³-hybridized carbons (Fsp3) is 0.0769. The van der Waals surface area contributed by atoms with Gasteiger partial charge in [0.05, 0.1) is 16.1 Å². The summed E-state index contributed by atoms with van der Waals surface area (Å²) in [5.74, 6) is -1.10. The van der Waals surface area contributed by atoms with Crippen molar-refractivity contribution in [1.82, 2.24) is 4.98 Å². The Morgan fingerprint density at radius 1 is 1.20 bits per heavy atom. The van der Waals surface area contributed by atoms with Crippen LogP contribution in [0.5, 0.6) is 0 Å². The van der Waals surface area contributed by atoms with Crippen molar-refractivity contribution in [3.05, 3.63) is 53.9 Å². The van der Waals surface area contributed by atoms with Crippen LogP contribution >= 0.6 is 0 Å². The van der Waals surface area contributed by atoms with Gasteiger partial charge in [0.1, 0.15) is 0 Å². The number of carbonyl (C=O) groups is 1. The summed E-state index contributed by atoms with van der Waals surface area (Å²) in [6.07, 6.45) is 3.03. The van der Waals surface area contributed by atoms with Gasteiger partial charge in [-0.05, 0) is 42.8 Å². The van der Waals surface area contributed by atoms with Crippen LogP contribution < -0.4 is 4.72 Å². The molecule has 0 radical (unpaired) electrons. The highest BCUT2D eigenvalue weighted by Gasteiger charge is 2.15. The Morgan fingerprint density at radius 3 is 2.40 bits per heavy atom. The summed E-state index contributed by atoms with van der Waals surface area (Å²) in [7, 11) is -3.75. The maximum absolute atomic E-state index is 12.2. The summed E-state index contributed by atoms with van der Waals surface area (Å²) in [4.78, 5) is 14.6. The van der Waals surface area contributed by atoms with Crippen molar-refractivity contribution in [1.29, 1.82) is 0 Å². The minimum atomic E-state index is -3.75. The van der Waals surface area contributed by atoms with Crippen LogP contribution in [0, 0.1) is 6.92 Å². The molecule has 0 saturated carbocycles. The minimum Gasteiger partial charge on any atom is -0.478 e. The summed E-state index contributed by atoms with van der Waals surface area (Å²) >= 11 is 0. The Labute approximate surface area is 116 Å². The number of hydrogen-bond acceptors (Lipinski definition) is 4. The minimum absolute atomic E-state index is 0.00119. The van der Waals surface area contributed by atoms with Crippen molar-refractivity contribution in [3.63, 3.8) is 0 Å². The highest BCUT2D eigenvalue weighted by molar-refractivity contribution is 7.92. The number of aryl methyl sites for hydroxylation is 1. The largest absolute Gasteiger partial charge is 0.478 e. The normalized spacial score (nSPS) is 11.1. The molecule has 0 amide bonds. The van der Waals surface area contributed by atoms with E-state index in [0.717, 1.165) is 0 Å². The van der Waals surface area contributed by atoms with Crippen molar-refractivity contribution in [2.24, 2.45) is 0 Å². The second-order valence-electron chi connectivity index (χ2n) is 4.13. The lowest BCUT2D eigenvalue weighted by molar-refractivity contribution is 0.0697. The van der Waals surface area contributed by atoms with E-state index in [1.54, 1.807) is 19.2 Å².